The Hall–Kier alpha value is -1.65. The molecular formula is C17H21NO6S2. The van der Waals surface area contributed by atoms with Gasteiger partial charge in [-0.1, -0.05) is 0 Å². The van der Waals surface area contributed by atoms with Crippen molar-refractivity contribution in [2.45, 2.75) is 17.4 Å². The minimum atomic E-state index is -3.74. The lowest BCUT2D eigenvalue weighted by Crippen LogP contribution is -2.30. The molecule has 0 saturated carbocycles. The summed E-state index contributed by atoms with van der Waals surface area (Å²) < 4.78 is 44.5. The monoisotopic (exact) mass is 399 g/mol. The van der Waals surface area contributed by atoms with Crippen molar-refractivity contribution in [3.8, 4) is 11.5 Å². The fraction of sp³-hybridized carbons (Fsp3) is 0.412. The second kappa shape index (κ2) is 8.83. The van der Waals surface area contributed by atoms with Crippen molar-refractivity contribution in [1.29, 1.82) is 0 Å². The predicted molar refractivity (Wildman–Crippen MR) is 97.3 cm³/mol. The van der Waals surface area contributed by atoms with Crippen LogP contribution >= 0.6 is 11.3 Å². The topological polar surface area (TPSA) is 94.1 Å². The van der Waals surface area contributed by atoms with Crippen LogP contribution in [0.15, 0.2) is 39.9 Å². The molecule has 1 aromatic heterocycles. The van der Waals surface area contributed by atoms with E-state index in [1.54, 1.807) is 6.07 Å². The normalized spacial score (nSPS) is 15.4. The van der Waals surface area contributed by atoms with Crippen molar-refractivity contribution >= 4 is 21.4 Å². The molecule has 0 amide bonds. The number of hydrogen-bond acceptors (Lipinski definition) is 7. The maximum absolute atomic E-state index is 12.6. The van der Waals surface area contributed by atoms with Crippen LogP contribution in [0, 0.1) is 0 Å². The van der Waals surface area contributed by atoms with Gasteiger partial charge in [-0.15, -0.1) is 0 Å². The van der Waals surface area contributed by atoms with Crippen molar-refractivity contribution < 1.29 is 27.7 Å². The highest BCUT2D eigenvalue weighted by atomic mass is 32.2. The Labute approximate surface area is 156 Å². The molecule has 2 aromatic rings. The average molecular weight is 399 g/mol. The molecule has 0 aliphatic carbocycles. The molecule has 2 heterocycles. The van der Waals surface area contributed by atoms with E-state index in [2.05, 4.69) is 4.72 Å². The first-order valence-electron chi connectivity index (χ1n) is 8.24. The molecule has 0 unspecified atom stereocenters. The van der Waals surface area contributed by atoms with Gasteiger partial charge in [-0.2, -0.15) is 11.3 Å². The van der Waals surface area contributed by atoms with E-state index in [-0.39, 0.29) is 24.7 Å². The molecule has 1 atom stereocenters. The van der Waals surface area contributed by atoms with Crippen molar-refractivity contribution in [2.75, 3.05) is 33.0 Å². The molecule has 9 heteroatoms. The summed E-state index contributed by atoms with van der Waals surface area (Å²) in [5.74, 6) is 0.972. The highest BCUT2D eigenvalue weighted by Crippen LogP contribution is 2.32. The highest BCUT2D eigenvalue weighted by molar-refractivity contribution is 7.89. The molecular weight excluding hydrogens is 378 g/mol. The van der Waals surface area contributed by atoms with Gasteiger partial charge >= 0.3 is 0 Å². The Kier molecular flexibility index (Phi) is 6.49. The lowest BCUT2D eigenvalue weighted by atomic mass is 10.2. The molecule has 0 fully saturated rings. The maximum Gasteiger partial charge on any atom is 0.240 e. The number of aliphatic hydroxyl groups excluding tert-OH is 1. The van der Waals surface area contributed by atoms with Gasteiger partial charge in [0.2, 0.25) is 10.0 Å². The maximum atomic E-state index is 12.6. The third-order valence-corrected chi connectivity index (χ3v) is 5.94. The Morgan fingerprint density at radius 3 is 2.77 bits per heavy atom. The molecule has 3 rings (SSSR count). The number of benzene rings is 1. The van der Waals surface area contributed by atoms with Crippen LogP contribution in [0.4, 0.5) is 0 Å². The van der Waals surface area contributed by atoms with Crippen LogP contribution in [0.2, 0.25) is 0 Å². The van der Waals surface area contributed by atoms with E-state index < -0.39 is 16.1 Å². The number of thiophene rings is 1. The Bertz CT molecular complexity index is 807. The third kappa shape index (κ3) is 4.74. The zero-order chi connectivity index (χ0) is 18.4. The van der Waals surface area contributed by atoms with E-state index in [0.29, 0.717) is 24.7 Å². The molecule has 142 valence electrons. The molecule has 0 radical (unpaired) electrons. The minimum Gasteiger partial charge on any atom is -0.490 e. The second-order valence-electron chi connectivity index (χ2n) is 5.65. The van der Waals surface area contributed by atoms with Gasteiger partial charge < -0.3 is 19.3 Å². The van der Waals surface area contributed by atoms with Crippen LogP contribution in [0.25, 0.3) is 0 Å². The summed E-state index contributed by atoms with van der Waals surface area (Å²) in [5.41, 5.74) is 0.866. The number of rotatable bonds is 8. The van der Waals surface area contributed by atoms with Crippen LogP contribution in [0.3, 0.4) is 0 Å². The minimum absolute atomic E-state index is 0.0630. The smallest absolute Gasteiger partial charge is 0.240 e. The largest absolute Gasteiger partial charge is 0.490 e. The second-order valence-corrected chi connectivity index (χ2v) is 8.20. The number of hydrogen-bond donors (Lipinski definition) is 2. The summed E-state index contributed by atoms with van der Waals surface area (Å²) in [6, 6.07) is 6.43. The molecule has 1 aliphatic heterocycles. The van der Waals surface area contributed by atoms with E-state index in [0.717, 1.165) is 12.0 Å². The summed E-state index contributed by atoms with van der Waals surface area (Å²) in [4.78, 5) is 0.105. The molecule has 1 aliphatic rings. The van der Waals surface area contributed by atoms with Gasteiger partial charge in [0.15, 0.2) is 11.5 Å². The number of ether oxygens (including phenoxy) is 3. The van der Waals surface area contributed by atoms with Gasteiger partial charge in [0.05, 0.1) is 37.4 Å². The van der Waals surface area contributed by atoms with Crippen LogP contribution in [-0.4, -0.2) is 46.5 Å². The molecule has 0 saturated heterocycles. The molecule has 0 bridgehead atoms. The molecule has 1 aromatic carbocycles. The Morgan fingerprint density at radius 1 is 1.23 bits per heavy atom. The predicted octanol–water partition coefficient (Wildman–Crippen LogP) is 1.94. The van der Waals surface area contributed by atoms with Gasteiger partial charge in [-0.05, 0) is 34.5 Å². The fourth-order valence-electron chi connectivity index (χ4n) is 2.51. The van der Waals surface area contributed by atoms with Gasteiger partial charge in [-0.3, -0.25) is 0 Å². The summed E-state index contributed by atoms with van der Waals surface area (Å²) in [6.45, 7) is 1.09. The van der Waals surface area contributed by atoms with Crippen molar-refractivity contribution in [3.63, 3.8) is 0 Å². The number of aliphatic hydroxyl groups is 1. The van der Waals surface area contributed by atoms with Gasteiger partial charge in [-0.25, -0.2) is 13.1 Å². The van der Waals surface area contributed by atoms with Gasteiger partial charge in [0.25, 0.3) is 0 Å². The Morgan fingerprint density at radius 2 is 2.04 bits per heavy atom. The van der Waals surface area contributed by atoms with E-state index >= 15 is 0 Å². The van der Waals surface area contributed by atoms with Crippen LogP contribution < -0.4 is 14.2 Å². The van der Waals surface area contributed by atoms with Crippen LogP contribution in [0.1, 0.15) is 18.1 Å². The first kappa shape index (κ1) is 19.1. The molecule has 0 spiro atoms. The van der Waals surface area contributed by atoms with E-state index in [4.69, 9.17) is 19.3 Å². The van der Waals surface area contributed by atoms with E-state index in [9.17, 15) is 8.42 Å². The van der Waals surface area contributed by atoms with E-state index in [1.807, 2.05) is 16.8 Å². The third-order valence-electron chi connectivity index (χ3n) is 3.81. The zero-order valence-electron chi connectivity index (χ0n) is 14.1. The van der Waals surface area contributed by atoms with Gasteiger partial charge in [0.1, 0.15) is 0 Å². The number of sulfonamides is 1. The first-order chi connectivity index (χ1) is 12.6. The fourth-order valence-corrected chi connectivity index (χ4v) is 4.25. The van der Waals surface area contributed by atoms with Crippen molar-refractivity contribution in [2.24, 2.45) is 0 Å². The lowest BCUT2D eigenvalue weighted by Gasteiger charge is -2.17. The quantitative estimate of drug-likeness (QED) is 0.705. The summed E-state index contributed by atoms with van der Waals surface area (Å²) in [6.07, 6.45) is 0.281. The van der Waals surface area contributed by atoms with Crippen LogP contribution in [-0.2, 0) is 14.8 Å². The van der Waals surface area contributed by atoms with Crippen LogP contribution in [0.5, 0.6) is 11.5 Å². The Balaban J connectivity index is 1.72. The number of nitrogens with one attached hydrogen (secondary N) is 1. The lowest BCUT2D eigenvalue weighted by molar-refractivity contribution is 0.0311. The van der Waals surface area contributed by atoms with Gasteiger partial charge in [0, 0.05) is 19.0 Å². The summed E-state index contributed by atoms with van der Waals surface area (Å²) >= 11 is 1.50. The standard InChI is InChI=1S/C17H21NO6S2/c19-5-8-24-17(13-4-9-25-12-13)11-18-26(20,21)14-2-3-15-16(10-14)23-7-1-6-22-15/h2-4,9-10,12,17-19H,1,5-8,11H2/t17-/m1/s1. The zero-order valence-corrected chi connectivity index (χ0v) is 15.7. The molecule has 26 heavy (non-hydrogen) atoms. The SMILES string of the molecule is O=S(=O)(NC[C@@H](OCCO)c1ccsc1)c1ccc2c(c1)OCCCO2. The number of fused-ring (bicyclic) bond motifs is 1. The highest BCUT2D eigenvalue weighted by Gasteiger charge is 2.21. The molecule has 7 nitrogen and oxygen atoms in total. The van der Waals surface area contributed by atoms with Crippen molar-refractivity contribution in [1.82, 2.24) is 4.72 Å². The van der Waals surface area contributed by atoms with E-state index in [1.165, 1.54) is 23.5 Å². The summed E-state index contributed by atoms with van der Waals surface area (Å²) in [5, 5.41) is 12.8. The average Bonchev–Trinajstić information content (AvgIpc) is 3.06. The summed E-state index contributed by atoms with van der Waals surface area (Å²) in [7, 11) is -3.74. The first-order valence-corrected chi connectivity index (χ1v) is 10.7. The molecule has 2 N–H and O–H groups in total. The van der Waals surface area contributed by atoms with Crippen molar-refractivity contribution in [3.05, 3.63) is 40.6 Å².